The van der Waals surface area contributed by atoms with Gasteiger partial charge in [-0.25, -0.2) is 14.6 Å². The highest BCUT2D eigenvalue weighted by Gasteiger charge is 2.30. The SMILES string of the molecule is FC(F)(F)c1ccc(N2CCN(c3ncnc4c3cnn4Cc3ccc(Cl)cc3)CC2)cc1. The van der Waals surface area contributed by atoms with E-state index in [0.717, 1.165) is 40.2 Å². The van der Waals surface area contributed by atoms with Gasteiger partial charge in [0.15, 0.2) is 5.65 Å². The minimum absolute atomic E-state index is 0.568. The van der Waals surface area contributed by atoms with Gasteiger partial charge in [-0.2, -0.15) is 18.3 Å². The number of alkyl halides is 3. The Balaban J connectivity index is 1.30. The van der Waals surface area contributed by atoms with Gasteiger partial charge in [0, 0.05) is 36.9 Å². The Morgan fingerprint density at radius 3 is 2.18 bits per heavy atom. The van der Waals surface area contributed by atoms with E-state index in [0.29, 0.717) is 37.7 Å². The summed E-state index contributed by atoms with van der Waals surface area (Å²) in [6.45, 7) is 3.30. The van der Waals surface area contributed by atoms with Crippen molar-refractivity contribution in [1.29, 1.82) is 0 Å². The maximum absolute atomic E-state index is 12.8. The predicted molar refractivity (Wildman–Crippen MR) is 122 cm³/mol. The fourth-order valence-electron chi connectivity index (χ4n) is 4.05. The number of rotatable bonds is 4. The summed E-state index contributed by atoms with van der Waals surface area (Å²) in [5.74, 6) is 0.814. The first-order chi connectivity index (χ1) is 15.9. The molecule has 2 aromatic heterocycles. The number of anilines is 2. The van der Waals surface area contributed by atoms with Crippen LogP contribution in [0, 0.1) is 0 Å². The first kappa shape index (κ1) is 21.5. The van der Waals surface area contributed by atoms with Gasteiger partial charge in [0.1, 0.15) is 12.1 Å². The maximum Gasteiger partial charge on any atom is 0.416 e. The third kappa shape index (κ3) is 4.45. The second-order valence-electron chi connectivity index (χ2n) is 7.88. The van der Waals surface area contributed by atoms with Gasteiger partial charge < -0.3 is 9.80 Å². The van der Waals surface area contributed by atoms with Crippen LogP contribution in [0.2, 0.25) is 5.02 Å². The average Bonchev–Trinajstić information content (AvgIpc) is 3.23. The number of halogens is 4. The lowest BCUT2D eigenvalue weighted by molar-refractivity contribution is -0.137. The van der Waals surface area contributed by atoms with Gasteiger partial charge in [-0.05, 0) is 42.0 Å². The second kappa shape index (κ2) is 8.55. The van der Waals surface area contributed by atoms with E-state index in [1.54, 1.807) is 12.5 Å². The molecule has 10 heteroatoms. The Hall–Kier alpha value is -3.33. The van der Waals surface area contributed by atoms with E-state index >= 15 is 0 Å². The third-order valence-electron chi connectivity index (χ3n) is 5.80. The van der Waals surface area contributed by atoms with Crippen LogP contribution in [0.15, 0.2) is 61.1 Å². The molecule has 0 aliphatic carbocycles. The van der Waals surface area contributed by atoms with Crippen molar-refractivity contribution >= 4 is 34.1 Å². The third-order valence-corrected chi connectivity index (χ3v) is 6.05. The number of hydrogen-bond donors (Lipinski definition) is 0. The Kier molecular flexibility index (Phi) is 5.57. The summed E-state index contributed by atoms with van der Waals surface area (Å²) in [7, 11) is 0. The van der Waals surface area contributed by atoms with Crippen LogP contribution in [0.5, 0.6) is 0 Å². The molecule has 3 heterocycles. The number of piperazine rings is 1. The zero-order chi connectivity index (χ0) is 23.0. The maximum atomic E-state index is 12.8. The molecule has 4 aromatic rings. The van der Waals surface area contributed by atoms with E-state index in [2.05, 4.69) is 24.9 Å². The van der Waals surface area contributed by atoms with Gasteiger partial charge >= 0.3 is 6.18 Å². The molecular formula is C23H20ClF3N6. The summed E-state index contributed by atoms with van der Waals surface area (Å²) < 4.78 is 40.3. The van der Waals surface area contributed by atoms with Gasteiger partial charge in [-0.3, -0.25) is 0 Å². The van der Waals surface area contributed by atoms with Crippen molar-refractivity contribution < 1.29 is 13.2 Å². The molecule has 5 rings (SSSR count). The number of benzene rings is 2. The van der Waals surface area contributed by atoms with Gasteiger partial charge in [-0.15, -0.1) is 0 Å². The van der Waals surface area contributed by atoms with E-state index in [1.807, 2.05) is 28.9 Å². The molecule has 170 valence electrons. The van der Waals surface area contributed by atoms with Gasteiger partial charge in [0.25, 0.3) is 0 Å². The van der Waals surface area contributed by atoms with Crippen molar-refractivity contribution in [2.75, 3.05) is 36.0 Å². The van der Waals surface area contributed by atoms with Crippen LogP contribution in [0.25, 0.3) is 11.0 Å². The fourth-order valence-corrected chi connectivity index (χ4v) is 4.17. The topological polar surface area (TPSA) is 50.1 Å². The number of hydrogen-bond acceptors (Lipinski definition) is 5. The summed E-state index contributed by atoms with van der Waals surface area (Å²) in [5.41, 5.74) is 1.96. The zero-order valence-electron chi connectivity index (χ0n) is 17.5. The molecule has 1 saturated heterocycles. The summed E-state index contributed by atoms with van der Waals surface area (Å²) in [6, 6.07) is 12.9. The molecule has 0 N–H and O–H groups in total. The molecule has 6 nitrogen and oxygen atoms in total. The Bertz CT molecular complexity index is 1250. The van der Waals surface area contributed by atoms with Gasteiger partial charge in [0.05, 0.1) is 23.7 Å². The molecule has 0 spiro atoms. The van der Waals surface area contributed by atoms with Gasteiger partial charge in [0.2, 0.25) is 0 Å². The predicted octanol–water partition coefficient (Wildman–Crippen LogP) is 4.87. The molecule has 0 radical (unpaired) electrons. The standard InChI is InChI=1S/C23H20ClF3N6/c24-18-5-1-16(2-6-18)14-33-22-20(13-30-33)21(28-15-29-22)32-11-9-31(10-12-32)19-7-3-17(4-8-19)23(25,26)27/h1-8,13,15H,9-12,14H2. The van der Waals surface area contributed by atoms with Crippen LogP contribution < -0.4 is 9.80 Å². The molecule has 0 amide bonds. The number of nitrogens with zero attached hydrogens (tertiary/aromatic N) is 6. The molecule has 1 fully saturated rings. The first-order valence-corrected chi connectivity index (χ1v) is 10.8. The summed E-state index contributed by atoms with van der Waals surface area (Å²) >= 11 is 5.97. The van der Waals surface area contributed by atoms with Crippen molar-refractivity contribution in [2.24, 2.45) is 0 Å². The molecule has 2 aromatic carbocycles. The van der Waals surface area contributed by atoms with Crippen molar-refractivity contribution in [3.8, 4) is 0 Å². The monoisotopic (exact) mass is 472 g/mol. The van der Waals surface area contributed by atoms with Crippen LogP contribution in [-0.4, -0.2) is 45.9 Å². The Labute approximate surface area is 193 Å². The van der Waals surface area contributed by atoms with Crippen molar-refractivity contribution in [3.63, 3.8) is 0 Å². The normalized spacial score (nSPS) is 14.8. The summed E-state index contributed by atoms with van der Waals surface area (Å²) in [4.78, 5) is 13.2. The lowest BCUT2D eigenvalue weighted by atomic mass is 10.1. The van der Waals surface area contributed by atoms with Crippen LogP contribution in [0.3, 0.4) is 0 Å². The first-order valence-electron chi connectivity index (χ1n) is 10.5. The highest BCUT2D eigenvalue weighted by atomic mass is 35.5. The quantitative estimate of drug-likeness (QED) is 0.424. The summed E-state index contributed by atoms with van der Waals surface area (Å²) in [5, 5.41) is 6.07. The van der Waals surface area contributed by atoms with Crippen molar-refractivity contribution in [1.82, 2.24) is 19.7 Å². The van der Waals surface area contributed by atoms with E-state index in [4.69, 9.17) is 11.6 Å². The molecule has 0 unspecified atom stereocenters. The molecular weight excluding hydrogens is 453 g/mol. The Morgan fingerprint density at radius 1 is 0.848 bits per heavy atom. The van der Waals surface area contributed by atoms with Crippen LogP contribution in [0.1, 0.15) is 11.1 Å². The number of aromatic nitrogens is 4. The lowest BCUT2D eigenvalue weighted by Gasteiger charge is -2.36. The van der Waals surface area contributed by atoms with Crippen LogP contribution in [-0.2, 0) is 12.7 Å². The van der Waals surface area contributed by atoms with E-state index in [-0.39, 0.29) is 0 Å². The minimum Gasteiger partial charge on any atom is -0.368 e. The molecule has 1 aliphatic rings. The smallest absolute Gasteiger partial charge is 0.368 e. The lowest BCUT2D eigenvalue weighted by Crippen LogP contribution is -2.46. The second-order valence-corrected chi connectivity index (χ2v) is 8.32. The fraction of sp³-hybridized carbons (Fsp3) is 0.261. The minimum atomic E-state index is -4.33. The average molecular weight is 473 g/mol. The van der Waals surface area contributed by atoms with E-state index < -0.39 is 11.7 Å². The largest absolute Gasteiger partial charge is 0.416 e. The molecule has 0 bridgehead atoms. The van der Waals surface area contributed by atoms with Crippen LogP contribution in [0.4, 0.5) is 24.7 Å². The molecule has 0 atom stereocenters. The van der Waals surface area contributed by atoms with E-state index in [9.17, 15) is 13.2 Å². The zero-order valence-corrected chi connectivity index (χ0v) is 18.3. The molecule has 33 heavy (non-hydrogen) atoms. The van der Waals surface area contributed by atoms with E-state index in [1.165, 1.54) is 12.1 Å². The van der Waals surface area contributed by atoms with Gasteiger partial charge in [-0.1, -0.05) is 23.7 Å². The highest BCUT2D eigenvalue weighted by molar-refractivity contribution is 6.30. The summed E-state index contributed by atoms with van der Waals surface area (Å²) in [6.07, 6.45) is -1.00. The molecule has 0 saturated carbocycles. The Morgan fingerprint density at radius 2 is 1.52 bits per heavy atom. The van der Waals surface area contributed by atoms with Crippen LogP contribution >= 0.6 is 11.6 Å². The van der Waals surface area contributed by atoms with Crippen molar-refractivity contribution in [3.05, 3.63) is 77.2 Å². The van der Waals surface area contributed by atoms with Crippen molar-refractivity contribution in [2.45, 2.75) is 12.7 Å². The highest BCUT2D eigenvalue weighted by Crippen LogP contribution is 2.31. The number of fused-ring (bicyclic) bond motifs is 1. The molecule has 1 aliphatic heterocycles.